The number of carbonyl (C=O) groups is 1. The van der Waals surface area contributed by atoms with Crippen LogP contribution in [0.25, 0.3) is 11.4 Å². The van der Waals surface area contributed by atoms with Crippen LogP contribution >= 0.6 is 0 Å². The van der Waals surface area contributed by atoms with Crippen molar-refractivity contribution in [3.63, 3.8) is 0 Å². The first-order valence-corrected chi connectivity index (χ1v) is 7.64. The maximum Gasteiger partial charge on any atom is 0.326 e. The van der Waals surface area contributed by atoms with Crippen LogP contribution in [-0.4, -0.2) is 38.6 Å². The summed E-state index contributed by atoms with van der Waals surface area (Å²) in [7, 11) is 0. The molecule has 1 aliphatic heterocycles. The summed E-state index contributed by atoms with van der Waals surface area (Å²) in [5, 5.41) is 9.25. The number of nitrogens with one attached hydrogen (secondary N) is 1. The fourth-order valence-electron chi connectivity index (χ4n) is 2.82. The van der Waals surface area contributed by atoms with Gasteiger partial charge in [0, 0.05) is 30.1 Å². The van der Waals surface area contributed by atoms with Gasteiger partial charge < -0.3 is 15.0 Å². The number of pyridine rings is 1. The molecule has 0 radical (unpaired) electrons. The number of H-pyrrole nitrogens is 1. The standard InChI is InChI=1S/C16H18N4O3/c1-2-11-8-14(21)19-15(18-11)10-5-6-13(17-9-10)20-7-3-4-12(20)16(22)23/h5-6,8-9,12H,2-4,7H2,1H3,(H,22,23)(H,18,19,21)/t12-/m0/s1. The zero-order chi connectivity index (χ0) is 16.4. The van der Waals surface area contributed by atoms with Gasteiger partial charge >= 0.3 is 5.97 Å². The van der Waals surface area contributed by atoms with Crippen molar-refractivity contribution in [3.8, 4) is 11.4 Å². The Morgan fingerprint density at radius 1 is 1.48 bits per heavy atom. The van der Waals surface area contributed by atoms with Gasteiger partial charge in [-0.2, -0.15) is 0 Å². The lowest BCUT2D eigenvalue weighted by Gasteiger charge is -2.22. The molecule has 0 amide bonds. The Kier molecular flexibility index (Phi) is 4.10. The Hall–Kier alpha value is -2.70. The van der Waals surface area contributed by atoms with Gasteiger partial charge in [0.25, 0.3) is 5.56 Å². The van der Waals surface area contributed by atoms with Gasteiger partial charge in [0.1, 0.15) is 17.7 Å². The summed E-state index contributed by atoms with van der Waals surface area (Å²) in [5.74, 6) is 0.285. The summed E-state index contributed by atoms with van der Waals surface area (Å²) in [4.78, 5) is 36.2. The lowest BCUT2D eigenvalue weighted by molar-refractivity contribution is -0.138. The molecule has 0 saturated carbocycles. The van der Waals surface area contributed by atoms with Gasteiger partial charge in [-0.25, -0.2) is 14.8 Å². The highest BCUT2D eigenvalue weighted by molar-refractivity contribution is 5.78. The number of aromatic amines is 1. The molecule has 1 atom stereocenters. The number of rotatable bonds is 4. The molecule has 1 aliphatic rings. The number of aryl methyl sites for hydroxylation is 1. The highest BCUT2D eigenvalue weighted by atomic mass is 16.4. The largest absolute Gasteiger partial charge is 0.480 e. The van der Waals surface area contributed by atoms with E-state index in [-0.39, 0.29) is 5.56 Å². The van der Waals surface area contributed by atoms with Crippen molar-refractivity contribution in [2.45, 2.75) is 32.2 Å². The van der Waals surface area contributed by atoms with Gasteiger partial charge in [-0.1, -0.05) is 6.92 Å². The molecule has 3 heterocycles. The zero-order valence-corrected chi connectivity index (χ0v) is 12.8. The van der Waals surface area contributed by atoms with Crippen molar-refractivity contribution < 1.29 is 9.90 Å². The molecule has 7 heteroatoms. The number of carboxylic acid groups (broad SMARTS) is 1. The van der Waals surface area contributed by atoms with Crippen LogP contribution in [0.1, 0.15) is 25.5 Å². The van der Waals surface area contributed by atoms with E-state index in [1.807, 2.05) is 6.92 Å². The molecule has 0 bridgehead atoms. The van der Waals surface area contributed by atoms with Crippen LogP contribution in [0.2, 0.25) is 0 Å². The molecular formula is C16H18N4O3. The third-order valence-electron chi connectivity index (χ3n) is 4.01. The first-order valence-electron chi connectivity index (χ1n) is 7.64. The summed E-state index contributed by atoms with van der Waals surface area (Å²) in [6, 6.07) is 4.54. The van der Waals surface area contributed by atoms with E-state index < -0.39 is 12.0 Å². The lowest BCUT2D eigenvalue weighted by Crippen LogP contribution is -2.36. The van der Waals surface area contributed by atoms with Crippen LogP contribution in [0.3, 0.4) is 0 Å². The third kappa shape index (κ3) is 3.08. The smallest absolute Gasteiger partial charge is 0.326 e. The fraction of sp³-hybridized carbons (Fsp3) is 0.375. The quantitative estimate of drug-likeness (QED) is 0.886. The van der Waals surface area contributed by atoms with Crippen molar-refractivity contribution in [1.29, 1.82) is 0 Å². The number of hydrogen-bond acceptors (Lipinski definition) is 5. The summed E-state index contributed by atoms with van der Waals surface area (Å²) in [5.41, 5.74) is 1.23. The molecule has 2 aromatic heterocycles. The van der Waals surface area contributed by atoms with Crippen molar-refractivity contribution >= 4 is 11.8 Å². The van der Waals surface area contributed by atoms with E-state index in [9.17, 15) is 14.7 Å². The van der Waals surface area contributed by atoms with Gasteiger partial charge in [0.15, 0.2) is 0 Å². The van der Waals surface area contributed by atoms with Crippen LogP contribution in [0.15, 0.2) is 29.2 Å². The predicted molar refractivity (Wildman–Crippen MR) is 85.5 cm³/mol. The Labute approximate surface area is 133 Å². The Morgan fingerprint density at radius 2 is 2.30 bits per heavy atom. The van der Waals surface area contributed by atoms with Gasteiger partial charge in [-0.05, 0) is 31.4 Å². The van der Waals surface area contributed by atoms with E-state index >= 15 is 0 Å². The zero-order valence-electron chi connectivity index (χ0n) is 12.8. The molecule has 1 saturated heterocycles. The van der Waals surface area contributed by atoms with E-state index in [0.29, 0.717) is 36.6 Å². The van der Waals surface area contributed by atoms with Gasteiger partial charge in [0.05, 0.1) is 0 Å². The average molecular weight is 314 g/mol. The molecule has 0 aliphatic carbocycles. The monoisotopic (exact) mass is 314 g/mol. The molecule has 120 valence electrons. The molecule has 0 spiro atoms. The minimum Gasteiger partial charge on any atom is -0.480 e. The van der Waals surface area contributed by atoms with Crippen LogP contribution in [-0.2, 0) is 11.2 Å². The van der Waals surface area contributed by atoms with Gasteiger partial charge in [0.2, 0.25) is 0 Å². The second kappa shape index (κ2) is 6.20. The van der Waals surface area contributed by atoms with Crippen molar-refractivity contribution in [2.24, 2.45) is 0 Å². The number of anilines is 1. The minimum absolute atomic E-state index is 0.193. The minimum atomic E-state index is -0.824. The predicted octanol–water partition coefficient (Wildman–Crippen LogP) is 1.45. The number of hydrogen-bond donors (Lipinski definition) is 2. The maximum atomic E-state index is 11.6. The second-order valence-corrected chi connectivity index (χ2v) is 5.53. The van der Waals surface area contributed by atoms with Crippen LogP contribution < -0.4 is 10.5 Å². The summed E-state index contributed by atoms with van der Waals surface area (Å²) in [6.07, 6.45) is 3.76. The van der Waals surface area contributed by atoms with Crippen molar-refractivity contribution in [1.82, 2.24) is 15.0 Å². The molecule has 2 aromatic rings. The number of aliphatic carboxylic acids is 1. The Morgan fingerprint density at radius 3 is 2.96 bits per heavy atom. The van der Waals surface area contributed by atoms with Crippen LogP contribution in [0, 0.1) is 0 Å². The van der Waals surface area contributed by atoms with Crippen LogP contribution in [0.4, 0.5) is 5.82 Å². The number of aromatic nitrogens is 3. The third-order valence-corrected chi connectivity index (χ3v) is 4.01. The first-order chi connectivity index (χ1) is 11.1. The lowest BCUT2D eigenvalue weighted by atomic mass is 10.2. The molecular weight excluding hydrogens is 296 g/mol. The maximum absolute atomic E-state index is 11.6. The molecule has 7 nitrogen and oxygen atoms in total. The Balaban J connectivity index is 1.89. The summed E-state index contributed by atoms with van der Waals surface area (Å²) < 4.78 is 0. The molecule has 0 aromatic carbocycles. The molecule has 23 heavy (non-hydrogen) atoms. The number of nitrogens with zero attached hydrogens (tertiary/aromatic N) is 3. The SMILES string of the molecule is CCc1cc(=O)[nH]c(-c2ccc(N3CCC[C@H]3C(=O)O)nc2)n1. The summed E-state index contributed by atoms with van der Waals surface area (Å²) >= 11 is 0. The van der Waals surface area contributed by atoms with Gasteiger partial charge in [-0.15, -0.1) is 0 Å². The van der Waals surface area contributed by atoms with E-state index in [0.717, 1.165) is 12.1 Å². The number of carboxylic acids is 1. The van der Waals surface area contributed by atoms with Crippen LogP contribution in [0.5, 0.6) is 0 Å². The molecule has 0 unspecified atom stereocenters. The van der Waals surface area contributed by atoms with Crippen molar-refractivity contribution in [2.75, 3.05) is 11.4 Å². The normalized spacial score (nSPS) is 17.4. The second-order valence-electron chi connectivity index (χ2n) is 5.53. The van der Waals surface area contributed by atoms with E-state index in [1.165, 1.54) is 6.07 Å². The highest BCUT2D eigenvalue weighted by Gasteiger charge is 2.31. The fourth-order valence-corrected chi connectivity index (χ4v) is 2.82. The molecule has 1 fully saturated rings. The summed E-state index contributed by atoms with van der Waals surface area (Å²) in [6.45, 7) is 2.62. The average Bonchev–Trinajstić information content (AvgIpc) is 3.04. The van der Waals surface area contributed by atoms with E-state index in [1.54, 1.807) is 23.2 Å². The van der Waals surface area contributed by atoms with E-state index in [2.05, 4.69) is 15.0 Å². The van der Waals surface area contributed by atoms with Crippen molar-refractivity contribution in [3.05, 3.63) is 40.4 Å². The van der Waals surface area contributed by atoms with Gasteiger partial charge in [-0.3, -0.25) is 4.79 Å². The Bertz CT molecular complexity index is 770. The van der Waals surface area contributed by atoms with E-state index in [4.69, 9.17) is 0 Å². The molecule has 2 N–H and O–H groups in total. The molecule has 3 rings (SSSR count). The highest BCUT2D eigenvalue weighted by Crippen LogP contribution is 2.25. The first kappa shape index (κ1) is 15.2. The topological polar surface area (TPSA) is 99.2 Å².